The number of amides is 1. The molecule has 2 rings (SSSR count). The van der Waals surface area contributed by atoms with Gasteiger partial charge in [0.25, 0.3) is 5.91 Å². The van der Waals surface area contributed by atoms with E-state index in [0.29, 0.717) is 23.8 Å². The van der Waals surface area contributed by atoms with Crippen LogP contribution < -0.4 is 5.32 Å². The molecule has 1 atom stereocenters. The maximum Gasteiger partial charge on any atom is 0.271 e. The summed E-state index contributed by atoms with van der Waals surface area (Å²) in [5, 5.41) is 11.7. The Morgan fingerprint density at radius 1 is 1.52 bits per heavy atom. The van der Waals surface area contributed by atoms with Gasteiger partial charge in [-0.25, -0.2) is 4.98 Å². The van der Waals surface area contributed by atoms with Crippen molar-refractivity contribution in [1.29, 1.82) is 0 Å². The number of hydrogen-bond acceptors (Lipinski definition) is 4. The molecule has 0 bridgehead atoms. The summed E-state index contributed by atoms with van der Waals surface area (Å²) < 4.78 is 0. The van der Waals surface area contributed by atoms with Gasteiger partial charge in [0, 0.05) is 18.8 Å². The number of aromatic nitrogens is 1. The highest BCUT2D eigenvalue weighted by molar-refractivity contribution is 5.94. The summed E-state index contributed by atoms with van der Waals surface area (Å²) in [6, 6.07) is 3.78. The summed E-state index contributed by atoms with van der Waals surface area (Å²) in [7, 11) is 0. The number of aliphatic hydroxyl groups excluding tert-OH is 1. The summed E-state index contributed by atoms with van der Waals surface area (Å²) in [6.07, 6.45) is 4.04. The van der Waals surface area contributed by atoms with Crippen molar-refractivity contribution in [2.75, 3.05) is 26.2 Å². The summed E-state index contributed by atoms with van der Waals surface area (Å²) in [5.41, 5.74) is 0.852. The van der Waals surface area contributed by atoms with Gasteiger partial charge in [-0.15, -0.1) is 0 Å². The maximum atomic E-state index is 12.2. The topological polar surface area (TPSA) is 65.5 Å². The van der Waals surface area contributed by atoms with Gasteiger partial charge in [-0.3, -0.25) is 9.69 Å². The van der Waals surface area contributed by atoms with Gasteiger partial charge in [0.15, 0.2) is 0 Å². The molecule has 1 aromatic heterocycles. The van der Waals surface area contributed by atoms with Crippen LogP contribution in [0.3, 0.4) is 0 Å². The fraction of sp³-hybridized carbons (Fsp3) is 0.500. The van der Waals surface area contributed by atoms with Crippen molar-refractivity contribution in [2.45, 2.75) is 25.8 Å². The smallest absolute Gasteiger partial charge is 0.271 e. The lowest BCUT2D eigenvalue weighted by atomic mass is 10.2. The first-order valence-electron chi connectivity index (χ1n) is 7.29. The molecule has 5 heteroatoms. The predicted octanol–water partition coefficient (Wildman–Crippen LogP) is 0.639. The minimum atomic E-state index is -0.234. The lowest BCUT2D eigenvalue weighted by molar-refractivity contribution is 0.0935. The second-order valence-electron chi connectivity index (χ2n) is 5.16. The van der Waals surface area contributed by atoms with E-state index in [1.54, 1.807) is 18.3 Å². The molecule has 1 aliphatic rings. The monoisotopic (exact) mass is 287 g/mol. The Kier molecular flexibility index (Phi) is 5.73. The Morgan fingerprint density at radius 2 is 2.29 bits per heavy atom. The molecule has 112 valence electrons. The fourth-order valence-corrected chi connectivity index (χ4v) is 2.46. The Balaban J connectivity index is 1.96. The molecule has 2 heterocycles. The van der Waals surface area contributed by atoms with E-state index >= 15 is 0 Å². The minimum Gasteiger partial charge on any atom is -0.384 e. The zero-order valence-corrected chi connectivity index (χ0v) is 12.3. The van der Waals surface area contributed by atoms with Crippen molar-refractivity contribution >= 4 is 5.91 Å². The second-order valence-corrected chi connectivity index (χ2v) is 5.16. The molecule has 1 amide bonds. The lowest BCUT2D eigenvalue weighted by Gasteiger charge is -2.23. The molecule has 0 spiro atoms. The van der Waals surface area contributed by atoms with Crippen molar-refractivity contribution < 1.29 is 9.90 Å². The first-order chi connectivity index (χ1) is 10.2. The van der Waals surface area contributed by atoms with E-state index < -0.39 is 0 Å². The quantitative estimate of drug-likeness (QED) is 0.798. The molecule has 1 fully saturated rings. The van der Waals surface area contributed by atoms with Crippen molar-refractivity contribution in [3.63, 3.8) is 0 Å². The van der Waals surface area contributed by atoms with E-state index in [0.717, 1.165) is 13.1 Å². The SMILES string of the molecule is CC(CNC(=O)c1ncccc1C#CCO)N1CCCC1. The predicted molar refractivity (Wildman–Crippen MR) is 80.8 cm³/mol. The number of carbonyl (C=O) groups excluding carboxylic acids is 1. The van der Waals surface area contributed by atoms with Crippen molar-refractivity contribution in [1.82, 2.24) is 15.2 Å². The van der Waals surface area contributed by atoms with Crippen molar-refractivity contribution in [2.24, 2.45) is 0 Å². The third-order valence-electron chi connectivity index (χ3n) is 3.65. The Bertz CT molecular complexity index is 542. The van der Waals surface area contributed by atoms with E-state index in [1.807, 2.05) is 0 Å². The molecule has 2 N–H and O–H groups in total. The van der Waals surface area contributed by atoms with Crippen LogP contribution in [0.5, 0.6) is 0 Å². The number of likely N-dealkylation sites (tertiary alicyclic amines) is 1. The molecular formula is C16H21N3O2. The number of rotatable bonds is 4. The number of nitrogens with zero attached hydrogens (tertiary/aromatic N) is 2. The highest BCUT2D eigenvalue weighted by Gasteiger charge is 2.19. The molecule has 1 aromatic rings. The molecule has 1 aliphatic heterocycles. The highest BCUT2D eigenvalue weighted by atomic mass is 16.2. The molecule has 1 unspecified atom stereocenters. The third kappa shape index (κ3) is 4.28. The third-order valence-corrected chi connectivity index (χ3v) is 3.65. The molecule has 0 radical (unpaired) electrons. The van der Waals surface area contributed by atoms with E-state index in [9.17, 15) is 4.79 Å². The fourth-order valence-electron chi connectivity index (χ4n) is 2.46. The summed E-state index contributed by atoms with van der Waals surface area (Å²) in [5.74, 6) is 5.08. The summed E-state index contributed by atoms with van der Waals surface area (Å²) in [6.45, 7) is 4.70. The van der Waals surface area contributed by atoms with Gasteiger partial charge in [-0.1, -0.05) is 11.8 Å². The van der Waals surface area contributed by atoms with Crippen LogP contribution >= 0.6 is 0 Å². The highest BCUT2D eigenvalue weighted by Crippen LogP contribution is 2.11. The first-order valence-corrected chi connectivity index (χ1v) is 7.29. The normalized spacial score (nSPS) is 16.1. The van der Waals surface area contributed by atoms with E-state index in [2.05, 4.69) is 34.0 Å². The summed E-state index contributed by atoms with van der Waals surface area (Å²) >= 11 is 0. The summed E-state index contributed by atoms with van der Waals surface area (Å²) in [4.78, 5) is 18.7. The number of carbonyl (C=O) groups is 1. The molecular weight excluding hydrogens is 266 g/mol. The Labute approximate surface area is 125 Å². The Morgan fingerprint density at radius 3 is 3.00 bits per heavy atom. The molecule has 0 aromatic carbocycles. The standard InChI is InChI=1S/C16H21N3O2/c1-13(19-9-2-3-10-19)12-18-16(21)15-14(7-5-11-20)6-4-8-17-15/h4,6,8,13,20H,2-3,9-12H2,1H3,(H,18,21). The van der Waals surface area contributed by atoms with Gasteiger partial charge in [-0.05, 0) is 45.0 Å². The maximum absolute atomic E-state index is 12.2. The number of hydrogen-bond donors (Lipinski definition) is 2. The van der Waals surface area contributed by atoms with Gasteiger partial charge < -0.3 is 10.4 Å². The second kappa shape index (κ2) is 7.77. The van der Waals surface area contributed by atoms with Gasteiger partial charge in [-0.2, -0.15) is 0 Å². The van der Waals surface area contributed by atoms with Crippen LogP contribution in [-0.2, 0) is 0 Å². The van der Waals surface area contributed by atoms with Crippen LogP contribution in [0.15, 0.2) is 18.3 Å². The first kappa shape index (κ1) is 15.5. The molecule has 21 heavy (non-hydrogen) atoms. The van der Waals surface area contributed by atoms with Crippen LogP contribution in [0.4, 0.5) is 0 Å². The molecule has 1 saturated heterocycles. The average Bonchev–Trinajstić information content (AvgIpc) is 3.05. The van der Waals surface area contributed by atoms with E-state index in [4.69, 9.17) is 5.11 Å². The molecule has 5 nitrogen and oxygen atoms in total. The number of pyridine rings is 1. The van der Waals surface area contributed by atoms with Crippen LogP contribution in [-0.4, -0.2) is 53.2 Å². The zero-order valence-electron chi connectivity index (χ0n) is 12.3. The average molecular weight is 287 g/mol. The van der Waals surface area contributed by atoms with Crippen molar-refractivity contribution in [3.8, 4) is 11.8 Å². The number of aliphatic hydroxyl groups is 1. The van der Waals surface area contributed by atoms with E-state index in [-0.39, 0.29) is 12.5 Å². The molecule has 0 saturated carbocycles. The Hall–Kier alpha value is -1.90. The van der Waals surface area contributed by atoms with Crippen LogP contribution in [0, 0.1) is 11.8 Å². The van der Waals surface area contributed by atoms with Crippen LogP contribution in [0.2, 0.25) is 0 Å². The van der Waals surface area contributed by atoms with Gasteiger partial charge in [0.2, 0.25) is 0 Å². The van der Waals surface area contributed by atoms with Gasteiger partial charge in [0.05, 0.1) is 5.56 Å². The lowest BCUT2D eigenvalue weighted by Crippen LogP contribution is -2.41. The van der Waals surface area contributed by atoms with Crippen LogP contribution in [0.25, 0.3) is 0 Å². The number of nitrogens with one attached hydrogen (secondary N) is 1. The largest absolute Gasteiger partial charge is 0.384 e. The van der Waals surface area contributed by atoms with E-state index in [1.165, 1.54) is 12.8 Å². The van der Waals surface area contributed by atoms with Gasteiger partial charge in [0.1, 0.15) is 12.3 Å². The van der Waals surface area contributed by atoms with Crippen LogP contribution in [0.1, 0.15) is 35.8 Å². The minimum absolute atomic E-state index is 0.219. The zero-order chi connectivity index (χ0) is 15.1. The van der Waals surface area contributed by atoms with Gasteiger partial charge >= 0.3 is 0 Å². The molecule has 0 aliphatic carbocycles. The van der Waals surface area contributed by atoms with Crippen molar-refractivity contribution in [3.05, 3.63) is 29.6 Å².